The fourth-order valence-corrected chi connectivity index (χ4v) is 3.34. The first-order valence-electron chi connectivity index (χ1n) is 5.21. The molecule has 0 bridgehead atoms. The lowest BCUT2D eigenvalue weighted by Crippen LogP contribution is -2.40. The molecule has 1 rings (SSSR count). The zero-order valence-electron chi connectivity index (χ0n) is 10.3. The Labute approximate surface area is 102 Å². The number of sulfone groups is 1. The minimum atomic E-state index is -3.26. The van der Waals surface area contributed by atoms with E-state index in [1.165, 1.54) is 7.11 Å². The number of aromatic nitrogens is 1. The molecule has 0 atom stereocenters. The summed E-state index contributed by atoms with van der Waals surface area (Å²) in [5.41, 5.74) is 5.43. The summed E-state index contributed by atoms with van der Waals surface area (Å²) < 4.78 is 28.6. The number of ether oxygens (including phenoxy) is 1. The summed E-state index contributed by atoms with van der Waals surface area (Å²) in [6, 6.07) is 5.04. The highest BCUT2D eigenvalue weighted by atomic mass is 32.2. The van der Waals surface area contributed by atoms with Crippen LogP contribution >= 0.6 is 0 Å². The Balaban J connectivity index is 2.83. The van der Waals surface area contributed by atoms with Crippen molar-refractivity contribution < 1.29 is 13.2 Å². The van der Waals surface area contributed by atoms with Crippen LogP contribution in [0.15, 0.2) is 18.2 Å². The molecule has 0 fully saturated rings. The summed E-state index contributed by atoms with van der Waals surface area (Å²) in [5.74, 6) is 0.216. The molecule has 0 aliphatic carbocycles. The van der Waals surface area contributed by atoms with Crippen LogP contribution in [0.5, 0.6) is 5.88 Å². The lowest BCUT2D eigenvalue weighted by atomic mass is 10.1. The average Bonchev–Trinajstić information content (AvgIpc) is 2.13. The van der Waals surface area contributed by atoms with E-state index in [-0.39, 0.29) is 11.5 Å². The van der Waals surface area contributed by atoms with Crippen LogP contribution < -0.4 is 10.5 Å². The van der Waals surface area contributed by atoms with Gasteiger partial charge >= 0.3 is 0 Å². The number of hydrogen-bond acceptors (Lipinski definition) is 5. The van der Waals surface area contributed by atoms with Crippen molar-refractivity contribution in [2.24, 2.45) is 5.73 Å². The number of hydrogen-bond donors (Lipinski definition) is 1. The van der Waals surface area contributed by atoms with E-state index in [2.05, 4.69) is 4.98 Å². The molecule has 0 aliphatic rings. The van der Waals surface area contributed by atoms with Crippen LogP contribution in [0.1, 0.15) is 19.5 Å². The Hall–Kier alpha value is -1.14. The van der Waals surface area contributed by atoms with E-state index in [1.807, 2.05) is 0 Å². The first-order valence-corrected chi connectivity index (χ1v) is 7.03. The van der Waals surface area contributed by atoms with E-state index in [4.69, 9.17) is 10.5 Å². The smallest absolute Gasteiger partial charge is 0.213 e. The molecule has 2 N–H and O–H groups in total. The van der Waals surface area contributed by atoms with Crippen LogP contribution in [0.4, 0.5) is 0 Å². The second-order valence-electron chi connectivity index (χ2n) is 4.69. The van der Waals surface area contributed by atoms with Crippen LogP contribution in [0.2, 0.25) is 0 Å². The molecule has 0 radical (unpaired) electrons. The SMILES string of the molecule is COc1cccc(CS(=O)(=O)CC(C)(C)N)n1. The summed E-state index contributed by atoms with van der Waals surface area (Å²) >= 11 is 0. The van der Waals surface area contributed by atoms with Crippen molar-refractivity contribution in [3.63, 3.8) is 0 Å². The number of methoxy groups -OCH3 is 1. The fourth-order valence-electron chi connectivity index (χ4n) is 1.49. The molecule has 0 aromatic carbocycles. The lowest BCUT2D eigenvalue weighted by molar-refractivity contribution is 0.396. The highest BCUT2D eigenvalue weighted by Crippen LogP contribution is 2.12. The molecule has 96 valence electrons. The summed E-state index contributed by atoms with van der Waals surface area (Å²) in [6.45, 7) is 3.37. The van der Waals surface area contributed by atoms with Crippen molar-refractivity contribution in [3.05, 3.63) is 23.9 Å². The van der Waals surface area contributed by atoms with E-state index in [1.54, 1.807) is 32.0 Å². The third-order valence-electron chi connectivity index (χ3n) is 1.95. The average molecular weight is 258 g/mol. The zero-order valence-corrected chi connectivity index (χ0v) is 11.1. The Bertz CT molecular complexity index is 478. The molecule has 6 heteroatoms. The van der Waals surface area contributed by atoms with E-state index >= 15 is 0 Å². The van der Waals surface area contributed by atoms with Gasteiger partial charge in [0.2, 0.25) is 5.88 Å². The van der Waals surface area contributed by atoms with Crippen LogP contribution in [0, 0.1) is 0 Å². The second kappa shape index (κ2) is 5.01. The minimum absolute atomic E-state index is 0.0705. The normalized spacial score (nSPS) is 12.5. The van der Waals surface area contributed by atoms with Crippen LogP contribution in [-0.4, -0.2) is 31.8 Å². The van der Waals surface area contributed by atoms with Gasteiger partial charge in [-0.3, -0.25) is 0 Å². The van der Waals surface area contributed by atoms with Gasteiger partial charge in [-0.15, -0.1) is 0 Å². The maximum Gasteiger partial charge on any atom is 0.213 e. The monoisotopic (exact) mass is 258 g/mol. The Kier molecular flexibility index (Phi) is 4.11. The molecule has 0 amide bonds. The minimum Gasteiger partial charge on any atom is -0.481 e. The molecule has 0 aliphatic heterocycles. The molecular weight excluding hydrogens is 240 g/mol. The Morgan fingerprint density at radius 1 is 1.41 bits per heavy atom. The van der Waals surface area contributed by atoms with Gasteiger partial charge in [0.1, 0.15) is 0 Å². The first-order chi connectivity index (χ1) is 7.72. The predicted molar refractivity (Wildman–Crippen MR) is 66.5 cm³/mol. The molecule has 1 heterocycles. The van der Waals surface area contributed by atoms with Crippen LogP contribution in [-0.2, 0) is 15.6 Å². The highest BCUT2D eigenvalue weighted by Gasteiger charge is 2.22. The van der Waals surface area contributed by atoms with Gasteiger partial charge in [-0.2, -0.15) is 0 Å². The van der Waals surface area contributed by atoms with Gasteiger partial charge in [0.25, 0.3) is 0 Å². The zero-order chi connectivity index (χ0) is 13.1. The van der Waals surface area contributed by atoms with Crippen LogP contribution in [0.3, 0.4) is 0 Å². The van der Waals surface area contributed by atoms with Crippen molar-refractivity contribution in [2.45, 2.75) is 25.1 Å². The molecule has 0 spiro atoms. The van der Waals surface area contributed by atoms with Crippen molar-refractivity contribution in [3.8, 4) is 5.88 Å². The quantitative estimate of drug-likeness (QED) is 0.842. The second-order valence-corrected chi connectivity index (χ2v) is 6.76. The van der Waals surface area contributed by atoms with Gasteiger partial charge in [-0.25, -0.2) is 13.4 Å². The molecule has 1 aromatic heterocycles. The standard InChI is InChI=1S/C11H18N2O3S/c1-11(2,12)8-17(14,15)7-9-5-4-6-10(13-9)16-3/h4-6H,7-8,12H2,1-3H3. The summed E-state index contributed by atoms with van der Waals surface area (Å²) in [4.78, 5) is 4.06. The van der Waals surface area contributed by atoms with Crippen molar-refractivity contribution in [1.29, 1.82) is 0 Å². The van der Waals surface area contributed by atoms with Gasteiger partial charge < -0.3 is 10.5 Å². The molecule has 17 heavy (non-hydrogen) atoms. The topological polar surface area (TPSA) is 82.3 Å². The molecule has 0 unspecified atom stereocenters. The maximum atomic E-state index is 11.9. The molecule has 0 saturated heterocycles. The highest BCUT2D eigenvalue weighted by molar-refractivity contribution is 7.90. The van der Waals surface area contributed by atoms with Crippen molar-refractivity contribution in [1.82, 2.24) is 4.98 Å². The van der Waals surface area contributed by atoms with Gasteiger partial charge in [0.15, 0.2) is 9.84 Å². The third kappa shape index (κ3) is 5.14. The van der Waals surface area contributed by atoms with Crippen molar-refractivity contribution in [2.75, 3.05) is 12.9 Å². The largest absolute Gasteiger partial charge is 0.481 e. The maximum absolute atomic E-state index is 11.9. The number of nitrogens with two attached hydrogens (primary N) is 1. The lowest BCUT2D eigenvalue weighted by Gasteiger charge is -2.17. The number of rotatable bonds is 5. The van der Waals surface area contributed by atoms with Crippen LogP contribution in [0.25, 0.3) is 0 Å². The first kappa shape index (κ1) is 13.9. The van der Waals surface area contributed by atoms with E-state index in [9.17, 15) is 8.42 Å². The van der Waals surface area contributed by atoms with E-state index < -0.39 is 15.4 Å². The number of nitrogens with zero attached hydrogens (tertiary/aromatic N) is 1. The molecule has 5 nitrogen and oxygen atoms in total. The van der Waals surface area contributed by atoms with E-state index in [0.717, 1.165) is 0 Å². The number of pyridine rings is 1. The van der Waals surface area contributed by atoms with Gasteiger partial charge in [-0.05, 0) is 19.9 Å². The Morgan fingerprint density at radius 3 is 2.59 bits per heavy atom. The predicted octanol–water partition coefficient (Wildman–Crippen LogP) is 0.742. The summed E-state index contributed by atoms with van der Waals surface area (Å²) in [5, 5.41) is 0. The van der Waals surface area contributed by atoms with Gasteiger partial charge in [0.05, 0.1) is 24.3 Å². The van der Waals surface area contributed by atoms with Crippen molar-refractivity contribution >= 4 is 9.84 Å². The van der Waals surface area contributed by atoms with E-state index in [0.29, 0.717) is 11.6 Å². The van der Waals surface area contributed by atoms with Gasteiger partial charge in [0, 0.05) is 11.6 Å². The van der Waals surface area contributed by atoms with Gasteiger partial charge in [-0.1, -0.05) is 6.07 Å². The molecule has 0 saturated carbocycles. The third-order valence-corrected chi connectivity index (χ3v) is 3.87. The fraction of sp³-hybridized carbons (Fsp3) is 0.545. The summed E-state index contributed by atoms with van der Waals surface area (Å²) in [6.07, 6.45) is 0. The summed E-state index contributed by atoms with van der Waals surface area (Å²) in [7, 11) is -1.77. The molecular formula is C11H18N2O3S. The Morgan fingerprint density at radius 2 is 2.06 bits per heavy atom. The molecule has 1 aromatic rings.